The van der Waals surface area contributed by atoms with Crippen molar-refractivity contribution in [3.05, 3.63) is 93.9 Å². The van der Waals surface area contributed by atoms with Gasteiger partial charge in [-0.2, -0.15) is 0 Å². The van der Waals surface area contributed by atoms with Crippen molar-refractivity contribution in [1.82, 2.24) is 5.32 Å². The predicted molar refractivity (Wildman–Crippen MR) is 124 cm³/mol. The van der Waals surface area contributed by atoms with Crippen LogP contribution in [0.15, 0.2) is 59.0 Å². The molecule has 0 radical (unpaired) electrons. The number of ether oxygens (including phenoxy) is 2. The monoisotopic (exact) mass is 433 g/mol. The highest BCUT2D eigenvalue weighted by Crippen LogP contribution is 2.33. The number of furan rings is 1. The molecule has 0 bridgehead atoms. The summed E-state index contributed by atoms with van der Waals surface area (Å²) >= 11 is 0. The van der Waals surface area contributed by atoms with Crippen molar-refractivity contribution < 1.29 is 18.7 Å². The smallest absolute Gasteiger partial charge is 0.287 e. The first-order valence-electron chi connectivity index (χ1n) is 11.0. The maximum Gasteiger partial charge on any atom is 0.287 e. The van der Waals surface area contributed by atoms with E-state index in [1.54, 1.807) is 6.07 Å². The van der Waals surface area contributed by atoms with Crippen LogP contribution in [0.1, 0.15) is 64.1 Å². The zero-order valence-corrected chi connectivity index (χ0v) is 19.4. The van der Waals surface area contributed by atoms with Gasteiger partial charge in [0.2, 0.25) is 0 Å². The summed E-state index contributed by atoms with van der Waals surface area (Å²) in [6.07, 6.45) is 0.345. The molecule has 5 heteroatoms. The Hall–Kier alpha value is -2.89. The highest BCUT2D eigenvalue weighted by Gasteiger charge is 2.38. The third kappa shape index (κ3) is 4.95. The van der Waals surface area contributed by atoms with Crippen LogP contribution < -0.4 is 5.32 Å². The molecule has 0 unspecified atom stereocenters. The first kappa shape index (κ1) is 22.3. The maximum atomic E-state index is 13.0. The van der Waals surface area contributed by atoms with Crippen molar-refractivity contribution in [2.45, 2.75) is 59.0 Å². The molecule has 1 saturated heterocycles. The van der Waals surface area contributed by atoms with Crippen molar-refractivity contribution in [1.29, 1.82) is 0 Å². The van der Waals surface area contributed by atoms with E-state index in [9.17, 15) is 4.79 Å². The molecule has 2 atom stereocenters. The van der Waals surface area contributed by atoms with Gasteiger partial charge in [-0.1, -0.05) is 48.0 Å². The molecule has 3 aromatic rings. The molecule has 0 aliphatic carbocycles. The van der Waals surface area contributed by atoms with E-state index in [0.717, 1.165) is 11.3 Å². The molecule has 5 nitrogen and oxygen atoms in total. The van der Waals surface area contributed by atoms with Gasteiger partial charge >= 0.3 is 0 Å². The number of hydrogen-bond acceptors (Lipinski definition) is 4. The Bertz CT molecular complexity index is 1080. The van der Waals surface area contributed by atoms with Gasteiger partial charge in [0.15, 0.2) is 11.5 Å². The molecule has 4 rings (SSSR count). The number of nitrogens with one attached hydrogen (secondary N) is 1. The minimum atomic E-state index is -0.719. The molecular formula is C27H31NO4. The molecule has 1 amide bonds. The van der Waals surface area contributed by atoms with Crippen LogP contribution in [-0.2, 0) is 15.9 Å². The van der Waals surface area contributed by atoms with Crippen molar-refractivity contribution in [3.63, 3.8) is 0 Å². The molecule has 1 aliphatic rings. The number of amides is 1. The fourth-order valence-corrected chi connectivity index (χ4v) is 4.36. The summed E-state index contributed by atoms with van der Waals surface area (Å²) in [5, 5.41) is 3.05. The molecule has 32 heavy (non-hydrogen) atoms. The lowest BCUT2D eigenvalue weighted by atomic mass is 9.97. The number of hydrogen-bond donors (Lipinski definition) is 1. The van der Waals surface area contributed by atoms with E-state index in [1.165, 1.54) is 22.3 Å². The summed E-state index contributed by atoms with van der Waals surface area (Å²) in [4.78, 5) is 13.0. The van der Waals surface area contributed by atoms with Gasteiger partial charge in [0, 0.05) is 6.42 Å². The van der Waals surface area contributed by atoms with E-state index in [-0.39, 0.29) is 18.1 Å². The normalized spacial score (nSPS) is 20.2. The van der Waals surface area contributed by atoms with Crippen molar-refractivity contribution in [2.24, 2.45) is 0 Å². The van der Waals surface area contributed by atoms with Gasteiger partial charge in [0.05, 0.1) is 12.6 Å². The van der Waals surface area contributed by atoms with Crippen LogP contribution in [0.4, 0.5) is 0 Å². The largest absolute Gasteiger partial charge is 0.456 e. The fraction of sp³-hybridized carbons (Fsp3) is 0.370. The molecule has 2 aromatic carbocycles. The van der Waals surface area contributed by atoms with Crippen LogP contribution >= 0.6 is 0 Å². The molecule has 0 spiro atoms. The van der Waals surface area contributed by atoms with E-state index in [0.29, 0.717) is 18.8 Å². The number of benzene rings is 2. The minimum absolute atomic E-state index is 0.272. The summed E-state index contributed by atoms with van der Waals surface area (Å²) < 4.78 is 17.9. The SMILES string of the molecule is Cc1cc(C)c(Cc2ccc(C(=O)N[C@@H]3COC(C)(C)O[C@@H]3c3ccccc3)o2)c(C)c1. The summed E-state index contributed by atoms with van der Waals surface area (Å²) in [7, 11) is 0. The van der Waals surface area contributed by atoms with Crippen LogP contribution in [0.3, 0.4) is 0 Å². The van der Waals surface area contributed by atoms with Crippen molar-refractivity contribution in [3.8, 4) is 0 Å². The quantitative estimate of drug-likeness (QED) is 0.584. The highest BCUT2D eigenvalue weighted by molar-refractivity contribution is 5.91. The average molecular weight is 434 g/mol. The molecule has 1 N–H and O–H groups in total. The average Bonchev–Trinajstić information content (AvgIpc) is 3.21. The van der Waals surface area contributed by atoms with Crippen LogP contribution in [0, 0.1) is 20.8 Å². The van der Waals surface area contributed by atoms with Crippen molar-refractivity contribution >= 4 is 5.91 Å². The Morgan fingerprint density at radius 3 is 2.41 bits per heavy atom. The second-order valence-corrected chi connectivity index (χ2v) is 9.06. The molecular weight excluding hydrogens is 402 g/mol. The van der Waals surface area contributed by atoms with Gasteiger partial charge < -0.3 is 19.2 Å². The van der Waals surface area contributed by atoms with Crippen LogP contribution in [0.2, 0.25) is 0 Å². The van der Waals surface area contributed by atoms with E-state index in [2.05, 4.69) is 38.2 Å². The molecule has 0 saturated carbocycles. The molecule has 168 valence electrons. The Balaban J connectivity index is 1.49. The Morgan fingerprint density at radius 1 is 1.03 bits per heavy atom. The van der Waals surface area contributed by atoms with Gasteiger partial charge in [0.25, 0.3) is 5.91 Å². The predicted octanol–water partition coefficient (Wildman–Crippen LogP) is 5.42. The third-order valence-electron chi connectivity index (χ3n) is 5.91. The van der Waals surface area contributed by atoms with Gasteiger partial charge in [-0.25, -0.2) is 0 Å². The van der Waals surface area contributed by atoms with Gasteiger partial charge in [-0.05, 0) is 69.0 Å². The topological polar surface area (TPSA) is 60.7 Å². The second-order valence-electron chi connectivity index (χ2n) is 9.06. The van der Waals surface area contributed by atoms with E-state index >= 15 is 0 Å². The zero-order valence-electron chi connectivity index (χ0n) is 19.4. The first-order valence-corrected chi connectivity index (χ1v) is 11.0. The Labute approximate surface area is 189 Å². The summed E-state index contributed by atoms with van der Waals surface area (Å²) in [5.74, 6) is 0.0659. The molecule has 1 aromatic heterocycles. The van der Waals surface area contributed by atoms with Crippen molar-refractivity contribution in [2.75, 3.05) is 6.61 Å². The zero-order chi connectivity index (χ0) is 22.9. The number of carbonyl (C=O) groups excluding carboxylic acids is 1. The van der Waals surface area contributed by atoms with Gasteiger partial charge in [-0.3, -0.25) is 4.79 Å². The number of rotatable bonds is 5. The standard InChI is InChI=1S/C27H31NO4/c1-17-13-18(2)22(19(3)14-17)15-21-11-12-24(31-21)26(29)28-23-16-30-27(4,5)32-25(23)20-9-7-6-8-10-20/h6-14,23,25H,15-16H2,1-5H3,(H,28,29)/t23-,25-/m1/s1. The summed E-state index contributed by atoms with van der Waals surface area (Å²) in [6.45, 7) is 10.4. The molecule has 2 heterocycles. The molecule has 1 aliphatic heterocycles. The molecule has 1 fully saturated rings. The number of aryl methyl sites for hydroxylation is 3. The lowest BCUT2D eigenvalue weighted by Crippen LogP contribution is -2.51. The second kappa shape index (κ2) is 8.93. The highest BCUT2D eigenvalue weighted by atomic mass is 16.7. The first-order chi connectivity index (χ1) is 15.2. The van der Waals surface area contributed by atoms with Gasteiger partial charge in [0.1, 0.15) is 11.9 Å². The fourth-order valence-electron chi connectivity index (χ4n) is 4.36. The van der Waals surface area contributed by atoms with Crippen LogP contribution in [-0.4, -0.2) is 24.3 Å². The van der Waals surface area contributed by atoms with Crippen LogP contribution in [0.5, 0.6) is 0 Å². The number of carbonyl (C=O) groups is 1. The Kier molecular flexibility index (Phi) is 6.22. The lowest BCUT2D eigenvalue weighted by molar-refractivity contribution is -0.284. The van der Waals surface area contributed by atoms with Gasteiger partial charge in [-0.15, -0.1) is 0 Å². The third-order valence-corrected chi connectivity index (χ3v) is 5.91. The van der Waals surface area contributed by atoms with Crippen LogP contribution in [0.25, 0.3) is 0 Å². The van der Waals surface area contributed by atoms with E-state index < -0.39 is 5.79 Å². The Morgan fingerprint density at radius 2 is 1.72 bits per heavy atom. The van der Waals surface area contributed by atoms with E-state index in [4.69, 9.17) is 13.9 Å². The van der Waals surface area contributed by atoms with E-state index in [1.807, 2.05) is 50.2 Å². The maximum absolute atomic E-state index is 13.0. The summed E-state index contributed by atoms with van der Waals surface area (Å²) in [5.41, 5.74) is 5.94. The summed E-state index contributed by atoms with van der Waals surface area (Å²) in [6, 6.07) is 17.5. The lowest BCUT2D eigenvalue weighted by Gasteiger charge is -2.41. The minimum Gasteiger partial charge on any atom is -0.456 e.